The lowest BCUT2D eigenvalue weighted by molar-refractivity contribution is 0.223. The number of pyridine rings is 1. The monoisotopic (exact) mass is 406 g/mol. The first-order chi connectivity index (χ1) is 14.4. The zero-order valence-electron chi connectivity index (χ0n) is 16.9. The van der Waals surface area contributed by atoms with E-state index in [4.69, 9.17) is 26.2 Å². The Morgan fingerprint density at radius 2 is 2.03 bits per heavy atom. The molecule has 10 heteroatoms. The first-order valence-corrected chi connectivity index (χ1v) is 9.31. The maximum atomic E-state index is 9.43. The third kappa shape index (κ3) is 3.84. The zero-order valence-corrected chi connectivity index (χ0v) is 16.9. The summed E-state index contributed by atoms with van der Waals surface area (Å²) in [6.07, 6.45) is 1.80. The molecule has 0 bridgehead atoms. The number of ether oxygens (including phenoxy) is 2. The van der Waals surface area contributed by atoms with Crippen LogP contribution in [0.5, 0.6) is 11.5 Å². The number of nitrogen functional groups attached to an aromatic ring is 2. The van der Waals surface area contributed by atoms with Gasteiger partial charge in [0.2, 0.25) is 5.96 Å². The highest BCUT2D eigenvalue weighted by Crippen LogP contribution is 2.42. The first kappa shape index (κ1) is 20.6. The Hall–Kier alpha value is -4.18. The molecule has 30 heavy (non-hydrogen) atoms. The number of nitrogens with two attached hydrogens (primary N) is 2. The molecule has 1 aliphatic heterocycles. The summed E-state index contributed by atoms with van der Waals surface area (Å²) in [5, 5.41) is 23.8. The molecule has 6 N–H and O–H groups in total. The third-order valence-electron chi connectivity index (χ3n) is 4.30. The van der Waals surface area contributed by atoms with Crippen LogP contribution >= 0.6 is 0 Å². The van der Waals surface area contributed by atoms with E-state index in [1.807, 2.05) is 39.1 Å². The van der Waals surface area contributed by atoms with E-state index >= 15 is 0 Å². The van der Waals surface area contributed by atoms with Crippen LogP contribution in [0.1, 0.15) is 43.5 Å². The van der Waals surface area contributed by atoms with Crippen molar-refractivity contribution in [2.45, 2.75) is 32.9 Å². The maximum Gasteiger partial charge on any atom is 0.211 e. The zero-order chi connectivity index (χ0) is 21.8. The van der Waals surface area contributed by atoms with Gasteiger partial charge in [-0.15, -0.1) is 0 Å². The number of nitriles is 2. The molecule has 1 aromatic carbocycles. The fraction of sp³-hybridized carbons (Fsp3) is 0.300. The average molecular weight is 406 g/mol. The quantitative estimate of drug-likeness (QED) is 0.430. The van der Waals surface area contributed by atoms with E-state index in [0.29, 0.717) is 29.5 Å². The molecular formula is C20H22N8O2. The van der Waals surface area contributed by atoms with Crippen LogP contribution in [0, 0.1) is 22.8 Å². The fourth-order valence-electron chi connectivity index (χ4n) is 3.14. The number of fused-ring (bicyclic) bond motifs is 1. The number of guanidine groups is 1. The molecule has 2 heterocycles. The van der Waals surface area contributed by atoms with Crippen LogP contribution in [0.15, 0.2) is 23.2 Å². The molecule has 10 nitrogen and oxygen atoms in total. The normalized spacial score (nSPS) is 14.6. The second-order valence-corrected chi connectivity index (χ2v) is 6.71. The Morgan fingerprint density at radius 1 is 1.27 bits per heavy atom. The number of benzene rings is 1. The number of aromatic nitrogens is 1. The number of nitrogens with one attached hydrogen (secondary N) is 2. The van der Waals surface area contributed by atoms with E-state index in [0.717, 1.165) is 5.56 Å². The molecule has 0 aliphatic carbocycles. The Balaban J connectivity index is 2.18. The first-order valence-electron chi connectivity index (χ1n) is 9.31. The van der Waals surface area contributed by atoms with Gasteiger partial charge in [0.15, 0.2) is 17.7 Å². The number of nitrogens with zero attached hydrogens (tertiary/aromatic N) is 4. The van der Waals surface area contributed by atoms with E-state index in [2.05, 4.69) is 20.6 Å². The van der Waals surface area contributed by atoms with Gasteiger partial charge in [-0.25, -0.2) is 9.98 Å². The highest BCUT2D eigenvalue weighted by Gasteiger charge is 2.30. The lowest BCUT2D eigenvalue weighted by Crippen LogP contribution is -2.32. The van der Waals surface area contributed by atoms with Gasteiger partial charge in [0.05, 0.1) is 18.4 Å². The SMILES string of the molecule is CCOc1cc(C2N=C(NC#N)Nc3nc(N)c(C#N)c(N)c32)ccc1OC(C)C. The van der Waals surface area contributed by atoms with Crippen LogP contribution in [-0.2, 0) is 0 Å². The topological polar surface area (TPSA) is 167 Å². The van der Waals surface area contributed by atoms with Crippen LogP contribution < -0.4 is 31.6 Å². The Bertz CT molecular complexity index is 1080. The molecule has 1 unspecified atom stereocenters. The van der Waals surface area contributed by atoms with Gasteiger partial charge in [0, 0.05) is 5.56 Å². The van der Waals surface area contributed by atoms with Crippen molar-refractivity contribution in [1.82, 2.24) is 10.3 Å². The minimum atomic E-state index is -0.649. The molecule has 1 aromatic heterocycles. The number of aliphatic imine (C=N–C) groups is 1. The summed E-state index contributed by atoms with van der Waals surface area (Å²) in [6.45, 7) is 6.18. The summed E-state index contributed by atoms with van der Waals surface area (Å²) in [5.74, 6) is 1.66. The molecule has 1 aliphatic rings. The van der Waals surface area contributed by atoms with E-state index in [9.17, 15) is 5.26 Å². The molecule has 154 valence electrons. The molecule has 0 spiro atoms. The summed E-state index contributed by atoms with van der Waals surface area (Å²) in [5.41, 5.74) is 13.6. The molecule has 0 amide bonds. The number of hydrogen-bond acceptors (Lipinski definition) is 10. The van der Waals surface area contributed by atoms with Crippen molar-refractivity contribution >= 4 is 23.3 Å². The molecule has 0 fully saturated rings. The number of anilines is 3. The van der Waals surface area contributed by atoms with E-state index in [-0.39, 0.29) is 29.1 Å². The maximum absolute atomic E-state index is 9.43. The van der Waals surface area contributed by atoms with E-state index in [1.165, 1.54) is 0 Å². The van der Waals surface area contributed by atoms with Crippen molar-refractivity contribution in [3.8, 4) is 23.8 Å². The second-order valence-electron chi connectivity index (χ2n) is 6.71. The van der Waals surface area contributed by atoms with Crippen molar-refractivity contribution in [2.75, 3.05) is 23.4 Å². The van der Waals surface area contributed by atoms with Gasteiger partial charge in [-0.3, -0.25) is 5.32 Å². The summed E-state index contributed by atoms with van der Waals surface area (Å²) in [6, 6.07) is 6.76. The highest BCUT2D eigenvalue weighted by molar-refractivity contribution is 5.98. The summed E-state index contributed by atoms with van der Waals surface area (Å²) in [7, 11) is 0. The third-order valence-corrected chi connectivity index (χ3v) is 4.30. The molecule has 0 saturated carbocycles. The Morgan fingerprint density at radius 3 is 2.67 bits per heavy atom. The number of rotatable bonds is 5. The minimum absolute atomic E-state index is 0.00565. The standard InChI is InChI=1S/C20H22N8O2/c1-4-29-14-7-11(5-6-13(14)30-10(2)3)17-15-16(23)12(8-21)18(24)27-19(15)28-20(26-17)25-9-22/h5-7,10,17H,4H2,1-3H3,(H6,23,24,25,26,27,28). The van der Waals surface area contributed by atoms with Crippen LogP contribution in [-0.4, -0.2) is 23.7 Å². The predicted molar refractivity (Wildman–Crippen MR) is 113 cm³/mol. The van der Waals surface area contributed by atoms with Gasteiger partial charge in [0.25, 0.3) is 0 Å². The minimum Gasteiger partial charge on any atom is -0.490 e. The van der Waals surface area contributed by atoms with Gasteiger partial charge in [0.1, 0.15) is 29.3 Å². The number of hydrogen-bond donors (Lipinski definition) is 4. The lowest BCUT2D eigenvalue weighted by atomic mass is 9.95. The van der Waals surface area contributed by atoms with Crippen LogP contribution in [0.4, 0.5) is 17.3 Å². The van der Waals surface area contributed by atoms with Gasteiger partial charge in [-0.05, 0) is 38.5 Å². The average Bonchev–Trinajstić information content (AvgIpc) is 2.69. The van der Waals surface area contributed by atoms with Gasteiger partial charge in [-0.1, -0.05) is 6.07 Å². The van der Waals surface area contributed by atoms with Crippen molar-refractivity contribution in [2.24, 2.45) is 4.99 Å². The smallest absolute Gasteiger partial charge is 0.211 e. The van der Waals surface area contributed by atoms with Crippen molar-refractivity contribution in [3.05, 3.63) is 34.9 Å². The summed E-state index contributed by atoms with van der Waals surface area (Å²) >= 11 is 0. The molecular weight excluding hydrogens is 384 g/mol. The van der Waals surface area contributed by atoms with Crippen LogP contribution in [0.3, 0.4) is 0 Å². The van der Waals surface area contributed by atoms with Gasteiger partial charge < -0.3 is 26.3 Å². The van der Waals surface area contributed by atoms with Crippen molar-refractivity contribution in [1.29, 1.82) is 10.5 Å². The Kier molecular flexibility index (Phi) is 5.79. The largest absolute Gasteiger partial charge is 0.490 e. The molecule has 0 radical (unpaired) electrons. The second kappa shape index (κ2) is 8.45. The van der Waals surface area contributed by atoms with Crippen molar-refractivity contribution in [3.63, 3.8) is 0 Å². The van der Waals surface area contributed by atoms with Crippen molar-refractivity contribution < 1.29 is 9.47 Å². The molecule has 3 rings (SSSR count). The predicted octanol–water partition coefficient (Wildman–Crippen LogP) is 2.25. The van der Waals surface area contributed by atoms with Gasteiger partial charge in [-0.2, -0.15) is 10.5 Å². The highest BCUT2D eigenvalue weighted by atomic mass is 16.5. The summed E-state index contributed by atoms with van der Waals surface area (Å²) in [4.78, 5) is 8.79. The Labute approximate surface area is 174 Å². The van der Waals surface area contributed by atoms with Crippen LogP contribution in [0.25, 0.3) is 0 Å². The molecule has 1 atom stereocenters. The van der Waals surface area contributed by atoms with Gasteiger partial charge >= 0.3 is 0 Å². The summed E-state index contributed by atoms with van der Waals surface area (Å²) < 4.78 is 11.6. The van der Waals surface area contributed by atoms with Crippen LogP contribution in [0.2, 0.25) is 0 Å². The molecule has 2 aromatic rings. The fourth-order valence-corrected chi connectivity index (χ4v) is 3.14. The van der Waals surface area contributed by atoms with E-state index < -0.39 is 6.04 Å². The molecule has 0 saturated heterocycles. The van der Waals surface area contributed by atoms with E-state index in [1.54, 1.807) is 12.1 Å². The lowest BCUT2D eigenvalue weighted by Gasteiger charge is -2.26.